The minimum Gasteiger partial charge on any atom is -0.503 e. The summed E-state index contributed by atoms with van der Waals surface area (Å²) in [7, 11) is 4.37. The van der Waals surface area contributed by atoms with Crippen molar-refractivity contribution in [1.29, 1.82) is 0 Å². The number of anilines is 1. The van der Waals surface area contributed by atoms with Crippen LogP contribution in [0, 0.1) is 11.2 Å². The molecule has 1 atom stereocenters. The summed E-state index contributed by atoms with van der Waals surface area (Å²) in [5.74, 6) is -1.30. The molecule has 1 heterocycles. The second-order valence-electron chi connectivity index (χ2n) is 8.35. The van der Waals surface area contributed by atoms with Crippen LogP contribution < -0.4 is 19.1 Å². The molecule has 2 aromatic carbocycles. The Bertz CT molecular complexity index is 1060. The third-order valence-corrected chi connectivity index (χ3v) is 5.24. The molecule has 0 bridgehead atoms. The van der Waals surface area contributed by atoms with Crippen LogP contribution in [0.4, 0.5) is 10.1 Å². The molecule has 1 aliphatic heterocycles. The number of benzene rings is 2. The summed E-state index contributed by atoms with van der Waals surface area (Å²) in [5.41, 5.74) is -0.158. The summed E-state index contributed by atoms with van der Waals surface area (Å²) in [6.07, 6.45) is 0. The zero-order valence-corrected chi connectivity index (χ0v) is 18.9. The fraction of sp³-hybridized carbons (Fsp3) is 0.333. The first-order valence-electron chi connectivity index (χ1n) is 9.92. The Morgan fingerprint density at radius 1 is 1.00 bits per heavy atom. The number of hydrogen-bond acceptors (Lipinski definition) is 6. The minimum absolute atomic E-state index is 0.0545. The molecule has 170 valence electrons. The van der Waals surface area contributed by atoms with E-state index >= 15 is 0 Å². The topological polar surface area (TPSA) is 85.3 Å². The molecule has 1 aliphatic rings. The van der Waals surface area contributed by atoms with Crippen molar-refractivity contribution in [1.82, 2.24) is 0 Å². The summed E-state index contributed by atoms with van der Waals surface area (Å²) < 4.78 is 29.8. The van der Waals surface area contributed by atoms with Crippen molar-refractivity contribution in [3.8, 4) is 17.2 Å². The number of carbonyl (C=O) groups excluding carboxylic acids is 2. The number of nitrogens with zero attached hydrogens (tertiary/aromatic N) is 1. The molecule has 0 aromatic heterocycles. The van der Waals surface area contributed by atoms with Gasteiger partial charge in [0.05, 0.1) is 32.9 Å². The number of rotatable bonds is 6. The quantitative estimate of drug-likeness (QED) is 0.714. The van der Waals surface area contributed by atoms with Crippen LogP contribution in [-0.4, -0.2) is 38.1 Å². The van der Waals surface area contributed by atoms with Crippen LogP contribution in [0.2, 0.25) is 0 Å². The highest BCUT2D eigenvalue weighted by atomic mass is 19.1. The van der Waals surface area contributed by atoms with Gasteiger partial charge in [-0.1, -0.05) is 20.8 Å². The number of ketones is 1. The Balaban J connectivity index is 2.30. The number of methoxy groups -OCH3 is 3. The lowest BCUT2D eigenvalue weighted by molar-refractivity contribution is -0.123. The molecule has 0 aliphatic carbocycles. The molecule has 1 unspecified atom stereocenters. The Morgan fingerprint density at radius 3 is 1.97 bits per heavy atom. The Kier molecular flexibility index (Phi) is 6.16. The normalized spacial score (nSPS) is 16.4. The van der Waals surface area contributed by atoms with Gasteiger partial charge in [0.15, 0.2) is 23.0 Å². The van der Waals surface area contributed by atoms with Gasteiger partial charge >= 0.3 is 0 Å². The summed E-state index contributed by atoms with van der Waals surface area (Å²) in [4.78, 5) is 27.7. The first-order valence-corrected chi connectivity index (χ1v) is 9.92. The van der Waals surface area contributed by atoms with Crippen LogP contribution in [0.15, 0.2) is 47.7 Å². The molecule has 32 heavy (non-hydrogen) atoms. The van der Waals surface area contributed by atoms with E-state index in [1.54, 1.807) is 32.9 Å². The third kappa shape index (κ3) is 3.88. The maximum Gasteiger partial charge on any atom is 0.294 e. The van der Waals surface area contributed by atoms with Crippen molar-refractivity contribution in [3.63, 3.8) is 0 Å². The van der Waals surface area contributed by atoms with Gasteiger partial charge < -0.3 is 19.3 Å². The second kappa shape index (κ2) is 8.53. The third-order valence-electron chi connectivity index (χ3n) is 5.24. The lowest BCUT2D eigenvalue weighted by atomic mass is 9.82. The van der Waals surface area contributed by atoms with Crippen LogP contribution in [0.25, 0.3) is 0 Å². The summed E-state index contributed by atoms with van der Waals surface area (Å²) in [5, 5.41) is 10.8. The van der Waals surface area contributed by atoms with Crippen LogP contribution >= 0.6 is 0 Å². The van der Waals surface area contributed by atoms with Crippen LogP contribution in [-0.2, 0) is 9.59 Å². The van der Waals surface area contributed by atoms with Gasteiger partial charge in [0.1, 0.15) is 5.82 Å². The predicted octanol–water partition coefficient (Wildman–Crippen LogP) is 4.37. The van der Waals surface area contributed by atoms with Gasteiger partial charge in [-0.25, -0.2) is 4.39 Å². The zero-order valence-electron chi connectivity index (χ0n) is 18.9. The minimum atomic E-state index is -0.992. The summed E-state index contributed by atoms with van der Waals surface area (Å²) in [6, 6.07) is 7.47. The van der Waals surface area contributed by atoms with Gasteiger partial charge in [0.25, 0.3) is 5.91 Å². The average molecular weight is 443 g/mol. The molecule has 0 spiro atoms. The van der Waals surface area contributed by atoms with E-state index in [1.807, 2.05) is 0 Å². The summed E-state index contributed by atoms with van der Waals surface area (Å²) >= 11 is 0. The average Bonchev–Trinajstić information content (AvgIpc) is 3.02. The number of aliphatic hydroxyl groups excluding tert-OH is 1. The maximum absolute atomic E-state index is 13.5. The molecule has 0 radical (unpaired) electrons. The van der Waals surface area contributed by atoms with Gasteiger partial charge in [0, 0.05) is 11.1 Å². The van der Waals surface area contributed by atoms with Crippen LogP contribution in [0.3, 0.4) is 0 Å². The van der Waals surface area contributed by atoms with Gasteiger partial charge in [-0.2, -0.15) is 0 Å². The Morgan fingerprint density at radius 2 is 1.53 bits per heavy atom. The number of ether oxygens (including phenoxy) is 3. The largest absolute Gasteiger partial charge is 0.503 e. The van der Waals surface area contributed by atoms with Crippen molar-refractivity contribution in [2.24, 2.45) is 5.41 Å². The van der Waals surface area contributed by atoms with Crippen molar-refractivity contribution < 1.29 is 33.3 Å². The second-order valence-corrected chi connectivity index (χ2v) is 8.35. The van der Waals surface area contributed by atoms with Crippen molar-refractivity contribution in [2.45, 2.75) is 26.8 Å². The fourth-order valence-corrected chi connectivity index (χ4v) is 3.68. The number of carbonyl (C=O) groups is 2. The lowest BCUT2D eigenvalue weighted by Crippen LogP contribution is -2.32. The Hall–Kier alpha value is -3.55. The smallest absolute Gasteiger partial charge is 0.294 e. The highest BCUT2D eigenvalue weighted by Gasteiger charge is 2.47. The molecular weight excluding hydrogens is 417 g/mol. The molecule has 1 amide bonds. The zero-order chi connectivity index (χ0) is 23.8. The highest BCUT2D eigenvalue weighted by molar-refractivity contribution is 6.17. The van der Waals surface area contributed by atoms with E-state index < -0.39 is 34.7 Å². The number of halogens is 1. The first kappa shape index (κ1) is 23.1. The molecule has 7 nitrogen and oxygen atoms in total. The molecule has 1 N–H and O–H groups in total. The molecule has 0 saturated heterocycles. The molecule has 3 rings (SSSR count). The predicted molar refractivity (Wildman–Crippen MR) is 117 cm³/mol. The SMILES string of the molecule is COc1cc(C2C(C(=O)C(C)(C)C)=C(O)C(=O)N2c2ccc(F)cc2)cc(OC)c1OC. The monoisotopic (exact) mass is 443 g/mol. The number of aliphatic hydroxyl groups is 1. The number of hydrogen-bond donors (Lipinski definition) is 1. The maximum atomic E-state index is 13.5. The lowest BCUT2D eigenvalue weighted by Gasteiger charge is -2.29. The Labute approximate surface area is 186 Å². The standard InChI is InChI=1S/C24H26FNO6/c1-24(2,3)22(28)18-19(13-11-16(30-4)21(32-6)17(12-13)31-5)26(23(29)20(18)27)15-9-7-14(25)8-10-15/h7-12,19,27H,1-6H3. The van der Waals surface area contributed by atoms with E-state index in [-0.39, 0.29) is 5.57 Å². The van der Waals surface area contributed by atoms with E-state index in [4.69, 9.17) is 14.2 Å². The van der Waals surface area contributed by atoms with Crippen molar-refractivity contribution in [2.75, 3.05) is 26.2 Å². The van der Waals surface area contributed by atoms with Crippen molar-refractivity contribution >= 4 is 17.4 Å². The number of Topliss-reactive ketones (excluding diaryl/α,β-unsaturated/α-hetero) is 1. The fourth-order valence-electron chi connectivity index (χ4n) is 3.68. The van der Waals surface area contributed by atoms with Gasteiger partial charge in [-0.15, -0.1) is 0 Å². The molecule has 8 heteroatoms. The van der Waals surface area contributed by atoms with Crippen LogP contribution in [0.1, 0.15) is 32.4 Å². The van der Waals surface area contributed by atoms with E-state index in [0.717, 1.165) is 0 Å². The molecule has 2 aromatic rings. The van der Waals surface area contributed by atoms with E-state index in [1.165, 1.54) is 50.5 Å². The molecular formula is C24H26FNO6. The highest BCUT2D eigenvalue weighted by Crippen LogP contribution is 2.47. The molecule has 0 saturated carbocycles. The molecule has 0 fully saturated rings. The van der Waals surface area contributed by atoms with Gasteiger partial charge in [0.2, 0.25) is 5.75 Å². The van der Waals surface area contributed by atoms with E-state index in [0.29, 0.717) is 28.5 Å². The van der Waals surface area contributed by atoms with E-state index in [2.05, 4.69) is 0 Å². The summed E-state index contributed by atoms with van der Waals surface area (Å²) in [6.45, 7) is 5.10. The first-order chi connectivity index (χ1) is 15.0. The van der Waals surface area contributed by atoms with Crippen molar-refractivity contribution in [3.05, 3.63) is 59.1 Å². The van der Waals surface area contributed by atoms with Crippen LogP contribution in [0.5, 0.6) is 17.2 Å². The van der Waals surface area contributed by atoms with E-state index in [9.17, 15) is 19.1 Å². The number of amides is 1. The van der Waals surface area contributed by atoms with Gasteiger partial charge in [-0.05, 0) is 42.0 Å². The van der Waals surface area contributed by atoms with Gasteiger partial charge in [-0.3, -0.25) is 14.5 Å².